The van der Waals surface area contributed by atoms with Gasteiger partial charge in [-0.05, 0) is 27.6 Å². The monoisotopic (exact) mass is 373 g/mol. The summed E-state index contributed by atoms with van der Waals surface area (Å²) in [5, 5.41) is 3.08. The number of aliphatic imine (C=N–C) groups is 2. The van der Waals surface area contributed by atoms with Crippen molar-refractivity contribution in [3.8, 4) is 0 Å². The number of carbonyl (C=O) groups is 1. The van der Waals surface area contributed by atoms with Gasteiger partial charge < -0.3 is 19.9 Å². The van der Waals surface area contributed by atoms with Gasteiger partial charge in [0.2, 0.25) is 11.9 Å². The predicted octanol–water partition coefficient (Wildman–Crippen LogP) is 0.842. The van der Waals surface area contributed by atoms with Crippen LogP contribution in [0.4, 0.5) is 5.95 Å². The zero-order valence-electron chi connectivity index (χ0n) is 16.2. The number of aromatic nitrogens is 2. The number of rotatable bonds is 6. The Morgan fingerprint density at radius 3 is 2.56 bits per heavy atom. The molecule has 1 N–H and O–H groups in total. The summed E-state index contributed by atoms with van der Waals surface area (Å²) >= 11 is 0. The zero-order chi connectivity index (χ0) is 19.6. The molecule has 27 heavy (non-hydrogen) atoms. The van der Waals surface area contributed by atoms with Crippen molar-refractivity contribution in [1.82, 2.24) is 20.2 Å². The zero-order valence-corrected chi connectivity index (χ0v) is 16.2. The molecule has 0 aromatic carbocycles. The van der Waals surface area contributed by atoms with E-state index in [1.165, 1.54) is 6.20 Å². The Balaban J connectivity index is 1.96. The van der Waals surface area contributed by atoms with Gasteiger partial charge in [0, 0.05) is 56.9 Å². The topological polar surface area (TPSA) is 95.3 Å². The average molecular weight is 373 g/mol. The Kier molecular flexibility index (Phi) is 7.87. The highest BCUT2D eigenvalue weighted by Crippen LogP contribution is 2.12. The second-order valence-corrected chi connectivity index (χ2v) is 6.02. The Bertz CT molecular complexity index is 692. The van der Waals surface area contributed by atoms with E-state index in [2.05, 4.69) is 36.9 Å². The van der Waals surface area contributed by atoms with E-state index in [1.54, 1.807) is 13.8 Å². The first-order chi connectivity index (χ1) is 13.1. The van der Waals surface area contributed by atoms with Crippen LogP contribution in [0.5, 0.6) is 0 Å². The van der Waals surface area contributed by atoms with Crippen LogP contribution in [0.2, 0.25) is 0 Å². The maximum absolute atomic E-state index is 11.6. The molecule has 9 nitrogen and oxygen atoms in total. The molecule has 0 atom stereocenters. The third kappa shape index (κ3) is 5.85. The van der Waals surface area contributed by atoms with Gasteiger partial charge in [-0.3, -0.25) is 0 Å². The third-order valence-electron chi connectivity index (χ3n) is 4.03. The molecule has 146 valence electrons. The van der Waals surface area contributed by atoms with E-state index in [0.717, 1.165) is 31.1 Å². The molecular weight excluding hydrogens is 346 g/mol. The predicted molar refractivity (Wildman–Crippen MR) is 106 cm³/mol. The van der Waals surface area contributed by atoms with Crippen molar-refractivity contribution < 1.29 is 9.53 Å². The lowest BCUT2D eigenvalue weighted by Crippen LogP contribution is -2.48. The van der Waals surface area contributed by atoms with Crippen molar-refractivity contribution in [2.24, 2.45) is 9.98 Å². The molecule has 0 aliphatic carbocycles. The number of nitrogens with zero attached hydrogens (tertiary/aromatic N) is 6. The number of nitrogens with one attached hydrogen (secondary N) is 1. The van der Waals surface area contributed by atoms with Crippen LogP contribution in [0.25, 0.3) is 0 Å². The number of guanidine groups is 1. The summed E-state index contributed by atoms with van der Waals surface area (Å²) in [6.07, 6.45) is 5.15. The molecule has 0 saturated carbocycles. The molecule has 1 fully saturated rings. The van der Waals surface area contributed by atoms with Crippen LogP contribution in [0.1, 0.15) is 19.4 Å². The third-order valence-corrected chi connectivity index (χ3v) is 4.03. The Morgan fingerprint density at radius 2 is 2.00 bits per heavy atom. The van der Waals surface area contributed by atoms with E-state index in [0.29, 0.717) is 31.2 Å². The molecule has 1 saturated heterocycles. The van der Waals surface area contributed by atoms with Crippen molar-refractivity contribution in [2.75, 3.05) is 44.7 Å². The summed E-state index contributed by atoms with van der Waals surface area (Å²) in [5.41, 5.74) is 1.47. The fourth-order valence-corrected chi connectivity index (χ4v) is 2.59. The van der Waals surface area contributed by atoms with Gasteiger partial charge >= 0.3 is 5.97 Å². The first kappa shape index (κ1) is 20.5. The number of piperazine rings is 1. The van der Waals surface area contributed by atoms with Crippen molar-refractivity contribution >= 4 is 24.6 Å². The molecule has 1 aliphatic heterocycles. The molecule has 0 radical (unpaired) electrons. The first-order valence-electron chi connectivity index (χ1n) is 8.92. The molecule has 2 heterocycles. The molecular formula is C18H27N7O2. The number of carbonyl (C=O) groups excluding carboxylic acids is 1. The molecule has 0 spiro atoms. The molecule has 0 unspecified atom stereocenters. The Hall–Kier alpha value is -2.81. The smallest absolute Gasteiger partial charge is 0.335 e. The quantitative estimate of drug-likeness (QED) is 0.342. The van der Waals surface area contributed by atoms with Crippen LogP contribution >= 0.6 is 0 Å². The number of hydrogen-bond acceptors (Lipinski definition) is 7. The lowest BCUT2D eigenvalue weighted by molar-refractivity contribution is -0.138. The lowest BCUT2D eigenvalue weighted by Gasteiger charge is -2.35. The van der Waals surface area contributed by atoms with Crippen LogP contribution in [0.3, 0.4) is 0 Å². The number of anilines is 1. The van der Waals surface area contributed by atoms with Crippen LogP contribution < -0.4 is 10.2 Å². The van der Waals surface area contributed by atoms with Crippen LogP contribution in [0, 0.1) is 0 Å². The Morgan fingerprint density at radius 1 is 1.33 bits per heavy atom. The number of hydrogen-bond donors (Lipinski definition) is 1. The highest BCUT2D eigenvalue weighted by Gasteiger charge is 2.21. The van der Waals surface area contributed by atoms with Gasteiger partial charge in [0.25, 0.3) is 0 Å². The second-order valence-electron chi connectivity index (χ2n) is 6.02. The summed E-state index contributed by atoms with van der Waals surface area (Å²) in [6.45, 7) is 11.0. The van der Waals surface area contributed by atoms with Gasteiger partial charge in [0.15, 0.2) is 0 Å². The van der Waals surface area contributed by atoms with Gasteiger partial charge in [-0.1, -0.05) is 0 Å². The minimum atomic E-state index is -0.381. The summed E-state index contributed by atoms with van der Waals surface area (Å²) in [7, 11) is 1.89. The second kappa shape index (κ2) is 10.4. The Labute approximate surface area is 159 Å². The van der Waals surface area contributed by atoms with E-state index in [4.69, 9.17) is 4.74 Å². The van der Waals surface area contributed by atoms with Gasteiger partial charge in [-0.2, -0.15) is 0 Å². The minimum Gasteiger partial charge on any atom is -0.463 e. The van der Waals surface area contributed by atoms with Gasteiger partial charge in [0.1, 0.15) is 0 Å². The summed E-state index contributed by atoms with van der Waals surface area (Å²) in [5.74, 6) is 0.828. The van der Waals surface area contributed by atoms with Gasteiger partial charge in [0.05, 0.1) is 12.2 Å². The molecule has 0 amide bonds. The molecule has 1 aliphatic rings. The van der Waals surface area contributed by atoms with Crippen molar-refractivity contribution in [3.05, 3.63) is 29.7 Å². The summed E-state index contributed by atoms with van der Waals surface area (Å²) in [4.78, 5) is 32.9. The molecule has 2 rings (SSSR count). The molecule has 0 bridgehead atoms. The SMILES string of the molecule is C=N/C(=N\C=C(/C)C(=O)OCC)N1CCN(c2ncc(CNC)cn2)CC1. The first-order valence-corrected chi connectivity index (χ1v) is 8.92. The van der Waals surface area contributed by atoms with Crippen LogP contribution in [0.15, 0.2) is 34.2 Å². The number of esters is 1. The highest BCUT2D eigenvalue weighted by molar-refractivity contribution is 5.89. The maximum Gasteiger partial charge on any atom is 0.335 e. The average Bonchev–Trinajstić information content (AvgIpc) is 2.70. The van der Waals surface area contributed by atoms with E-state index in [9.17, 15) is 4.79 Å². The van der Waals surface area contributed by atoms with Crippen LogP contribution in [-0.2, 0) is 16.1 Å². The van der Waals surface area contributed by atoms with Gasteiger partial charge in [-0.25, -0.2) is 24.7 Å². The van der Waals surface area contributed by atoms with Crippen molar-refractivity contribution in [3.63, 3.8) is 0 Å². The minimum absolute atomic E-state index is 0.334. The summed E-state index contributed by atoms with van der Waals surface area (Å²) in [6, 6.07) is 0. The molecule has 1 aromatic heterocycles. The summed E-state index contributed by atoms with van der Waals surface area (Å²) < 4.78 is 4.94. The van der Waals surface area contributed by atoms with Gasteiger partial charge in [-0.15, -0.1) is 0 Å². The lowest BCUT2D eigenvalue weighted by atomic mass is 10.3. The van der Waals surface area contributed by atoms with E-state index in [1.807, 2.05) is 24.3 Å². The van der Waals surface area contributed by atoms with Crippen molar-refractivity contribution in [1.29, 1.82) is 0 Å². The van der Waals surface area contributed by atoms with E-state index < -0.39 is 0 Å². The standard InChI is InChI=1S/C18H27N7O2/c1-5-27-16(26)14(2)10-21-17(20-4)24-6-8-25(9-7-24)18-22-12-15(11-19-3)13-23-18/h10,12-13,19H,4-9,11H2,1-3H3/b14-10+,21-17+. The van der Waals surface area contributed by atoms with E-state index >= 15 is 0 Å². The molecule has 1 aromatic rings. The normalized spacial score (nSPS) is 15.7. The maximum atomic E-state index is 11.6. The fraction of sp³-hybridized carbons (Fsp3) is 0.500. The van der Waals surface area contributed by atoms with E-state index in [-0.39, 0.29) is 5.97 Å². The largest absolute Gasteiger partial charge is 0.463 e. The fourth-order valence-electron chi connectivity index (χ4n) is 2.59. The molecule has 9 heteroatoms. The number of ether oxygens (including phenoxy) is 1. The van der Waals surface area contributed by atoms with Crippen molar-refractivity contribution in [2.45, 2.75) is 20.4 Å². The highest BCUT2D eigenvalue weighted by atomic mass is 16.5. The van der Waals surface area contributed by atoms with Crippen LogP contribution in [-0.4, -0.2) is 73.3 Å².